The van der Waals surface area contributed by atoms with Crippen molar-refractivity contribution in [2.45, 2.75) is 6.54 Å². The van der Waals surface area contributed by atoms with Gasteiger partial charge in [0, 0.05) is 49.1 Å². The molecule has 120 valence electrons. The van der Waals surface area contributed by atoms with Crippen molar-refractivity contribution in [3.05, 3.63) is 58.8 Å². The number of nitrogens with one attached hydrogen (secondary N) is 1. The first-order valence-electron chi connectivity index (χ1n) is 7.64. The van der Waals surface area contributed by atoms with Crippen LogP contribution in [0, 0.1) is 0 Å². The van der Waals surface area contributed by atoms with E-state index >= 15 is 0 Å². The standard InChI is InChI=1S/C17H19BrN4O/c18-14-4-3-6-15(12-14)20-17(23)22-10-8-21(9-11-22)13-16-5-1-2-7-19-16/h1-7,12H,8-11,13H2,(H,20,23). The molecule has 5 nitrogen and oxygen atoms in total. The van der Waals surface area contributed by atoms with E-state index < -0.39 is 0 Å². The largest absolute Gasteiger partial charge is 0.322 e. The highest BCUT2D eigenvalue weighted by molar-refractivity contribution is 9.10. The molecule has 3 rings (SSSR count). The van der Waals surface area contributed by atoms with Crippen LogP contribution in [0.25, 0.3) is 0 Å². The number of hydrogen-bond donors (Lipinski definition) is 1. The van der Waals surface area contributed by atoms with Gasteiger partial charge in [-0.15, -0.1) is 0 Å². The third kappa shape index (κ3) is 4.53. The maximum Gasteiger partial charge on any atom is 0.321 e. The number of piperazine rings is 1. The summed E-state index contributed by atoms with van der Waals surface area (Å²) in [6.07, 6.45) is 1.82. The lowest BCUT2D eigenvalue weighted by Crippen LogP contribution is -2.49. The Morgan fingerprint density at radius 3 is 2.65 bits per heavy atom. The van der Waals surface area contributed by atoms with Crippen molar-refractivity contribution in [1.29, 1.82) is 0 Å². The number of carbonyl (C=O) groups excluding carboxylic acids is 1. The Balaban J connectivity index is 1.49. The number of rotatable bonds is 3. The van der Waals surface area contributed by atoms with Gasteiger partial charge in [0.2, 0.25) is 0 Å². The summed E-state index contributed by atoms with van der Waals surface area (Å²) in [4.78, 5) is 20.8. The quantitative estimate of drug-likeness (QED) is 0.897. The second kappa shape index (κ2) is 7.57. The average Bonchev–Trinajstić information content (AvgIpc) is 2.56. The molecule has 0 aliphatic carbocycles. The van der Waals surface area contributed by atoms with Crippen LogP contribution in [-0.2, 0) is 6.54 Å². The number of halogens is 1. The van der Waals surface area contributed by atoms with Gasteiger partial charge in [-0.25, -0.2) is 4.79 Å². The number of hydrogen-bond acceptors (Lipinski definition) is 3. The molecule has 6 heteroatoms. The normalized spacial score (nSPS) is 15.4. The molecule has 0 spiro atoms. The van der Waals surface area contributed by atoms with E-state index in [1.165, 1.54) is 0 Å². The molecule has 1 aliphatic rings. The van der Waals surface area contributed by atoms with Crippen LogP contribution in [0.4, 0.5) is 10.5 Å². The van der Waals surface area contributed by atoms with Crippen molar-refractivity contribution < 1.29 is 4.79 Å². The molecular formula is C17H19BrN4O. The van der Waals surface area contributed by atoms with Crippen LogP contribution in [0.3, 0.4) is 0 Å². The summed E-state index contributed by atoms with van der Waals surface area (Å²) in [6, 6.07) is 13.6. The number of aromatic nitrogens is 1. The topological polar surface area (TPSA) is 48.5 Å². The molecule has 1 fully saturated rings. The van der Waals surface area contributed by atoms with Gasteiger partial charge in [-0.05, 0) is 30.3 Å². The van der Waals surface area contributed by atoms with Gasteiger partial charge in [0.15, 0.2) is 0 Å². The van der Waals surface area contributed by atoms with E-state index in [1.54, 1.807) is 0 Å². The number of urea groups is 1. The lowest BCUT2D eigenvalue weighted by atomic mass is 10.2. The van der Waals surface area contributed by atoms with Gasteiger partial charge in [-0.2, -0.15) is 0 Å². The number of carbonyl (C=O) groups is 1. The van der Waals surface area contributed by atoms with E-state index in [0.29, 0.717) is 0 Å². The number of pyridine rings is 1. The van der Waals surface area contributed by atoms with Gasteiger partial charge in [0.25, 0.3) is 0 Å². The molecule has 1 N–H and O–H groups in total. The summed E-state index contributed by atoms with van der Waals surface area (Å²) in [6.45, 7) is 4.02. The van der Waals surface area contributed by atoms with Crippen molar-refractivity contribution in [2.75, 3.05) is 31.5 Å². The predicted octanol–water partition coefficient (Wildman–Crippen LogP) is 3.19. The molecule has 0 atom stereocenters. The van der Waals surface area contributed by atoms with Gasteiger partial charge in [-0.1, -0.05) is 28.1 Å². The molecule has 2 amide bonds. The summed E-state index contributed by atoms with van der Waals surface area (Å²) < 4.78 is 0.954. The van der Waals surface area contributed by atoms with Crippen LogP contribution in [0.2, 0.25) is 0 Å². The Hall–Kier alpha value is -1.92. The third-order valence-corrected chi connectivity index (χ3v) is 4.34. The summed E-state index contributed by atoms with van der Waals surface area (Å²) in [5.74, 6) is 0. The van der Waals surface area contributed by atoms with Crippen LogP contribution in [0.1, 0.15) is 5.69 Å². The number of anilines is 1. The maximum absolute atomic E-state index is 12.3. The van der Waals surface area contributed by atoms with Gasteiger partial charge in [0.05, 0.1) is 5.69 Å². The molecule has 2 heterocycles. The van der Waals surface area contributed by atoms with Crippen LogP contribution < -0.4 is 5.32 Å². The van der Waals surface area contributed by atoms with Gasteiger partial charge in [-0.3, -0.25) is 9.88 Å². The first kappa shape index (κ1) is 16.0. The monoisotopic (exact) mass is 374 g/mol. The Morgan fingerprint density at radius 1 is 1.13 bits per heavy atom. The summed E-state index contributed by atoms with van der Waals surface area (Å²) in [5.41, 5.74) is 1.87. The van der Waals surface area contributed by atoms with Gasteiger partial charge in [0.1, 0.15) is 0 Å². The fourth-order valence-corrected chi connectivity index (χ4v) is 3.00. The minimum absolute atomic E-state index is 0.0411. The molecule has 1 saturated heterocycles. The highest BCUT2D eigenvalue weighted by Crippen LogP contribution is 2.16. The zero-order chi connectivity index (χ0) is 16.1. The first-order valence-corrected chi connectivity index (χ1v) is 8.44. The number of amides is 2. The van der Waals surface area contributed by atoms with E-state index in [9.17, 15) is 4.79 Å². The Labute approximate surface area is 144 Å². The van der Waals surface area contributed by atoms with Crippen LogP contribution in [0.5, 0.6) is 0 Å². The highest BCUT2D eigenvalue weighted by atomic mass is 79.9. The fraction of sp³-hybridized carbons (Fsp3) is 0.294. The van der Waals surface area contributed by atoms with Crippen LogP contribution in [0.15, 0.2) is 53.1 Å². The van der Waals surface area contributed by atoms with Gasteiger partial charge >= 0.3 is 6.03 Å². The molecule has 1 aromatic heterocycles. The zero-order valence-corrected chi connectivity index (χ0v) is 14.4. The molecule has 1 aromatic carbocycles. The average molecular weight is 375 g/mol. The third-order valence-electron chi connectivity index (χ3n) is 3.85. The van der Waals surface area contributed by atoms with Crippen molar-refractivity contribution in [3.63, 3.8) is 0 Å². The lowest BCUT2D eigenvalue weighted by Gasteiger charge is -2.34. The SMILES string of the molecule is O=C(Nc1cccc(Br)c1)N1CCN(Cc2ccccn2)CC1. The van der Waals surface area contributed by atoms with E-state index in [4.69, 9.17) is 0 Å². The molecule has 0 unspecified atom stereocenters. The predicted molar refractivity (Wildman–Crippen MR) is 94.2 cm³/mol. The van der Waals surface area contributed by atoms with Crippen molar-refractivity contribution in [2.24, 2.45) is 0 Å². The smallest absolute Gasteiger partial charge is 0.321 e. The first-order chi connectivity index (χ1) is 11.2. The Bertz CT molecular complexity index is 657. The van der Waals surface area contributed by atoms with Crippen molar-refractivity contribution >= 4 is 27.6 Å². The van der Waals surface area contributed by atoms with E-state index in [1.807, 2.05) is 53.6 Å². The molecule has 0 bridgehead atoms. The molecule has 1 aliphatic heterocycles. The number of nitrogens with zero attached hydrogens (tertiary/aromatic N) is 3. The molecule has 2 aromatic rings. The van der Waals surface area contributed by atoms with Crippen LogP contribution in [-0.4, -0.2) is 47.0 Å². The van der Waals surface area contributed by atoms with E-state index in [0.717, 1.165) is 48.6 Å². The Kier molecular flexibility index (Phi) is 5.25. The van der Waals surface area contributed by atoms with E-state index in [2.05, 4.69) is 31.1 Å². The second-order valence-corrected chi connectivity index (χ2v) is 6.44. The lowest BCUT2D eigenvalue weighted by molar-refractivity contribution is 0.142. The fourth-order valence-electron chi connectivity index (χ4n) is 2.60. The molecule has 23 heavy (non-hydrogen) atoms. The van der Waals surface area contributed by atoms with Crippen molar-refractivity contribution in [1.82, 2.24) is 14.8 Å². The van der Waals surface area contributed by atoms with E-state index in [-0.39, 0.29) is 6.03 Å². The summed E-state index contributed by atoms with van der Waals surface area (Å²) >= 11 is 3.41. The summed E-state index contributed by atoms with van der Waals surface area (Å²) in [5, 5.41) is 2.94. The molecular weight excluding hydrogens is 356 g/mol. The van der Waals surface area contributed by atoms with Gasteiger partial charge < -0.3 is 10.2 Å². The molecule has 0 saturated carbocycles. The Morgan fingerprint density at radius 2 is 1.96 bits per heavy atom. The van der Waals surface area contributed by atoms with Crippen molar-refractivity contribution in [3.8, 4) is 0 Å². The minimum atomic E-state index is -0.0411. The molecule has 0 radical (unpaired) electrons. The zero-order valence-electron chi connectivity index (χ0n) is 12.8. The van der Waals surface area contributed by atoms with Crippen LogP contribution >= 0.6 is 15.9 Å². The maximum atomic E-state index is 12.3. The highest BCUT2D eigenvalue weighted by Gasteiger charge is 2.21. The minimum Gasteiger partial charge on any atom is -0.322 e. The second-order valence-electron chi connectivity index (χ2n) is 5.52. The summed E-state index contributed by atoms with van der Waals surface area (Å²) in [7, 11) is 0. The number of benzene rings is 1.